The summed E-state index contributed by atoms with van der Waals surface area (Å²) in [5.74, 6) is 0.610. The Hall–Kier alpha value is -2.23. The van der Waals surface area contributed by atoms with Crippen molar-refractivity contribution in [1.82, 2.24) is 29.7 Å². The maximum absolute atomic E-state index is 4.79. The largest absolute Gasteiger partial charge is 0.357 e. The van der Waals surface area contributed by atoms with E-state index in [2.05, 4.69) is 51.6 Å². The van der Waals surface area contributed by atoms with Crippen LogP contribution in [0.5, 0.6) is 0 Å². The van der Waals surface area contributed by atoms with Gasteiger partial charge >= 0.3 is 0 Å². The van der Waals surface area contributed by atoms with Crippen molar-refractivity contribution in [2.45, 2.75) is 48.2 Å². The molecule has 2 aliphatic rings. The van der Waals surface area contributed by atoms with Gasteiger partial charge in [0.2, 0.25) is 5.16 Å². The first-order valence-electron chi connectivity index (χ1n) is 10.5. The molecule has 1 aliphatic heterocycles. The second-order valence-corrected chi connectivity index (χ2v) is 10.1. The number of hydrogen-bond acceptors (Lipinski definition) is 8. The molecule has 1 unspecified atom stereocenters. The van der Waals surface area contributed by atoms with E-state index in [-0.39, 0.29) is 0 Å². The Kier molecular flexibility index (Phi) is 4.62. The third-order valence-electron chi connectivity index (χ3n) is 5.87. The standard InChI is InChI=1S/C21H23N7S2/c1-2-27-10-9-14(12-27)22-20-23-17-6-5-15(11-18(17)30-20)29-21-25-24-19-8-7-16(13-3-4-13)26-28(19)21/h5-8,11,13-14H,2-4,9-10,12H2,1H3,(H,22,23). The molecule has 6 rings (SSSR count). The fraction of sp³-hybridized carbons (Fsp3) is 0.429. The number of hydrogen-bond donors (Lipinski definition) is 1. The van der Waals surface area contributed by atoms with Gasteiger partial charge in [0, 0.05) is 29.9 Å². The number of benzene rings is 1. The molecule has 3 aromatic heterocycles. The van der Waals surface area contributed by atoms with Crippen molar-refractivity contribution in [3.8, 4) is 0 Å². The van der Waals surface area contributed by atoms with Crippen molar-refractivity contribution < 1.29 is 0 Å². The van der Waals surface area contributed by atoms with Crippen molar-refractivity contribution in [1.29, 1.82) is 0 Å². The Balaban J connectivity index is 1.23. The van der Waals surface area contributed by atoms with Crippen LogP contribution in [0.2, 0.25) is 0 Å². The fourth-order valence-corrected chi connectivity index (χ4v) is 5.87. The van der Waals surface area contributed by atoms with Crippen LogP contribution in [0.3, 0.4) is 0 Å². The van der Waals surface area contributed by atoms with Crippen molar-refractivity contribution in [3.05, 3.63) is 36.0 Å². The molecule has 154 valence electrons. The highest BCUT2D eigenvalue weighted by molar-refractivity contribution is 7.99. The number of rotatable bonds is 6. The Morgan fingerprint density at radius 3 is 2.93 bits per heavy atom. The molecule has 1 aliphatic carbocycles. The van der Waals surface area contributed by atoms with Crippen LogP contribution in [0.1, 0.15) is 37.8 Å². The summed E-state index contributed by atoms with van der Waals surface area (Å²) < 4.78 is 3.06. The zero-order chi connectivity index (χ0) is 20.1. The van der Waals surface area contributed by atoms with Crippen LogP contribution in [-0.2, 0) is 0 Å². The monoisotopic (exact) mass is 437 g/mol. The molecule has 4 aromatic rings. The number of likely N-dealkylation sites (N-methyl/N-ethyl adjacent to an activating group) is 1. The van der Waals surface area contributed by atoms with Gasteiger partial charge in [-0.25, -0.2) is 4.98 Å². The van der Waals surface area contributed by atoms with Crippen molar-refractivity contribution in [2.75, 3.05) is 25.0 Å². The highest BCUT2D eigenvalue weighted by atomic mass is 32.2. The predicted octanol–water partition coefficient (Wildman–Crippen LogP) is 4.27. The van der Waals surface area contributed by atoms with E-state index in [9.17, 15) is 0 Å². The fourth-order valence-electron chi connectivity index (χ4n) is 3.99. The molecular formula is C21H23N7S2. The summed E-state index contributed by atoms with van der Waals surface area (Å²) in [7, 11) is 0. The van der Waals surface area contributed by atoms with E-state index in [0.29, 0.717) is 12.0 Å². The quantitative estimate of drug-likeness (QED) is 0.483. The lowest BCUT2D eigenvalue weighted by atomic mass is 10.3. The van der Waals surface area contributed by atoms with Crippen molar-refractivity contribution in [3.63, 3.8) is 0 Å². The number of fused-ring (bicyclic) bond motifs is 2. The van der Waals surface area contributed by atoms with Gasteiger partial charge in [-0.05, 0) is 67.9 Å². The van der Waals surface area contributed by atoms with Crippen LogP contribution in [0.4, 0.5) is 5.13 Å². The van der Waals surface area contributed by atoms with Gasteiger partial charge in [0.25, 0.3) is 0 Å². The lowest BCUT2D eigenvalue weighted by molar-refractivity contribution is 0.356. The molecule has 2 fully saturated rings. The van der Waals surface area contributed by atoms with E-state index in [4.69, 9.17) is 10.1 Å². The van der Waals surface area contributed by atoms with Crippen LogP contribution >= 0.6 is 23.1 Å². The molecule has 9 heteroatoms. The van der Waals surface area contributed by atoms with Gasteiger partial charge < -0.3 is 10.2 Å². The molecule has 1 atom stereocenters. The van der Waals surface area contributed by atoms with Gasteiger partial charge in [-0.2, -0.15) is 9.61 Å². The van der Waals surface area contributed by atoms with Crippen LogP contribution in [0.25, 0.3) is 15.9 Å². The van der Waals surface area contributed by atoms with Gasteiger partial charge in [0.15, 0.2) is 10.8 Å². The minimum Gasteiger partial charge on any atom is -0.357 e. The van der Waals surface area contributed by atoms with E-state index in [1.807, 2.05) is 10.6 Å². The third kappa shape index (κ3) is 3.55. The molecule has 0 bridgehead atoms. The third-order valence-corrected chi connectivity index (χ3v) is 7.74. The number of aromatic nitrogens is 5. The first kappa shape index (κ1) is 18.5. The molecule has 0 radical (unpaired) electrons. The molecule has 30 heavy (non-hydrogen) atoms. The summed E-state index contributed by atoms with van der Waals surface area (Å²) in [5.41, 5.74) is 2.98. The summed E-state index contributed by atoms with van der Waals surface area (Å²) >= 11 is 3.33. The van der Waals surface area contributed by atoms with Gasteiger partial charge in [-0.15, -0.1) is 10.2 Å². The molecule has 1 saturated carbocycles. The molecular weight excluding hydrogens is 414 g/mol. The molecule has 1 N–H and O–H groups in total. The second-order valence-electron chi connectivity index (χ2n) is 8.06. The number of thiazole rings is 1. The van der Waals surface area contributed by atoms with Gasteiger partial charge in [0.05, 0.1) is 15.9 Å². The van der Waals surface area contributed by atoms with Crippen LogP contribution < -0.4 is 5.32 Å². The van der Waals surface area contributed by atoms with Crippen molar-refractivity contribution >= 4 is 44.1 Å². The lowest BCUT2D eigenvalue weighted by Crippen LogP contribution is -2.25. The average molecular weight is 438 g/mol. The maximum Gasteiger partial charge on any atom is 0.217 e. The maximum atomic E-state index is 4.79. The summed E-state index contributed by atoms with van der Waals surface area (Å²) in [6, 6.07) is 11.0. The molecule has 7 nitrogen and oxygen atoms in total. The van der Waals surface area contributed by atoms with Gasteiger partial charge in [-0.3, -0.25) is 0 Å². The zero-order valence-corrected chi connectivity index (χ0v) is 18.4. The highest BCUT2D eigenvalue weighted by Gasteiger charge is 2.26. The van der Waals surface area contributed by atoms with Crippen LogP contribution in [-0.4, -0.2) is 55.4 Å². The van der Waals surface area contributed by atoms with Gasteiger partial charge in [-0.1, -0.05) is 18.3 Å². The predicted molar refractivity (Wildman–Crippen MR) is 121 cm³/mol. The van der Waals surface area contributed by atoms with E-state index in [1.165, 1.54) is 30.5 Å². The molecule has 4 heterocycles. The normalized spacial score (nSPS) is 19.8. The lowest BCUT2D eigenvalue weighted by Gasteiger charge is -2.13. The van der Waals surface area contributed by atoms with Crippen LogP contribution in [0.15, 0.2) is 40.4 Å². The number of anilines is 1. The second kappa shape index (κ2) is 7.47. The zero-order valence-electron chi connectivity index (χ0n) is 16.8. The van der Waals surface area contributed by atoms with E-state index in [0.717, 1.165) is 45.1 Å². The topological polar surface area (TPSA) is 71.2 Å². The van der Waals surface area contributed by atoms with Gasteiger partial charge in [0.1, 0.15) is 0 Å². The first-order chi connectivity index (χ1) is 14.7. The minimum absolute atomic E-state index is 0.494. The minimum atomic E-state index is 0.494. The Morgan fingerprint density at radius 2 is 2.10 bits per heavy atom. The number of likely N-dealkylation sites (tertiary alicyclic amines) is 1. The molecule has 1 saturated heterocycles. The summed E-state index contributed by atoms with van der Waals surface area (Å²) in [6.07, 6.45) is 3.65. The SMILES string of the molecule is CCN1CCC(Nc2nc3ccc(Sc4nnc5ccc(C6CC6)nn45)cc3s2)C1. The smallest absolute Gasteiger partial charge is 0.217 e. The average Bonchev–Trinajstić information content (AvgIpc) is 3.20. The van der Waals surface area contributed by atoms with E-state index >= 15 is 0 Å². The molecule has 0 spiro atoms. The van der Waals surface area contributed by atoms with Crippen LogP contribution in [0, 0.1) is 0 Å². The number of nitrogens with zero attached hydrogens (tertiary/aromatic N) is 6. The highest BCUT2D eigenvalue weighted by Crippen LogP contribution is 2.39. The Morgan fingerprint density at radius 1 is 1.17 bits per heavy atom. The Bertz CT molecular complexity index is 1210. The van der Waals surface area contributed by atoms with E-state index in [1.54, 1.807) is 23.1 Å². The molecule has 1 aromatic carbocycles. The van der Waals surface area contributed by atoms with Crippen molar-refractivity contribution in [2.24, 2.45) is 0 Å². The summed E-state index contributed by atoms with van der Waals surface area (Å²) in [6.45, 7) is 5.61. The molecule has 0 amide bonds. The van der Waals surface area contributed by atoms with E-state index < -0.39 is 0 Å². The first-order valence-corrected chi connectivity index (χ1v) is 12.2. The summed E-state index contributed by atoms with van der Waals surface area (Å²) in [5, 5.41) is 18.9. The Labute approximate surface area is 182 Å². The number of nitrogens with one attached hydrogen (secondary N) is 1. The summed E-state index contributed by atoms with van der Waals surface area (Å²) in [4.78, 5) is 8.39.